The van der Waals surface area contributed by atoms with E-state index in [1.165, 1.54) is 11.8 Å². The molecule has 0 fully saturated rings. The Labute approximate surface area is 177 Å². The molecule has 152 valence electrons. The number of para-hydroxylation sites is 1. The van der Waals surface area contributed by atoms with Crippen LogP contribution in [0.4, 0.5) is 0 Å². The highest BCUT2D eigenvalue weighted by molar-refractivity contribution is 7.99. The smallest absolute Gasteiger partial charge is 0.230 e. The first-order valence-corrected chi connectivity index (χ1v) is 10.4. The number of furan rings is 1. The van der Waals surface area contributed by atoms with Crippen LogP contribution in [0.2, 0.25) is 0 Å². The highest BCUT2D eigenvalue weighted by atomic mass is 32.2. The van der Waals surface area contributed by atoms with E-state index in [1.807, 2.05) is 47.0 Å². The molecule has 2 aromatic heterocycles. The summed E-state index contributed by atoms with van der Waals surface area (Å²) in [6, 6.07) is 20.5. The molecule has 2 N–H and O–H groups in total. The molecule has 1 amide bonds. The van der Waals surface area contributed by atoms with Crippen molar-refractivity contribution in [3.8, 4) is 17.1 Å². The number of hydrogen-bond donors (Lipinski definition) is 2. The Morgan fingerprint density at radius 3 is 2.60 bits per heavy atom. The van der Waals surface area contributed by atoms with E-state index in [1.54, 1.807) is 30.5 Å². The molecular formula is C22H20N4O3S. The lowest BCUT2D eigenvalue weighted by molar-refractivity contribution is -0.118. The Morgan fingerprint density at radius 2 is 1.83 bits per heavy atom. The van der Waals surface area contributed by atoms with Crippen molar-refractivity contribution in [2.75, 3.05) is 5.75 Å². The lowest BCUT2D eigenvalue weighted by atomic mass is 10.1. The van der Waals surface area contributed by atoms with Gasteiger partial charge in [-0.05, 0) is 29.8 Å². The maximum atomic E-state index is 12.2. The van der Waals surface area contributed by atoms with Gasteiger partial charge in [0, 0.05) is 0 Å². The third-order valence-electron chi connectivity index (χ3n) is 4.42. The van der Waals surface area contributed by atoms with Crippen LogP contribution in [-0.2, 0) is 17.9 Å². The molecule has 0 saturated carbocycles. The third kappa shape index (κ3) is 4.72. The molecule has 0 unspecified atom stereocenters. The van der Waals surface area contributed by atoms with Gasteiger partial charge in [0.15, 0.2) is 11.0 Å². The number of benzene rings is 2. The molecule has 0 aliphatic heterocycles. The normalized spacial score (nSPS) is 10.8. The van der Waals surface area contributed by atoms with Crippen LogP contribution in [0.15, 0.2) is 82.6 Å². The standard InChI is InChI=1S/C22H20N4O3S/c27-19-11-5-4-10-18(19)21-24-25-22(26(21)14-16-7-2-1-3-8-16)30-15-20(28)23-13-17-9-6-12-29-17/h1-12,27H,13-15H2,(H,23,28). The zero-order valence-corrected chi connectivity index (χ0v) is 16.9. The van der Waals surface area contributed by atoms with Gasteiger partial charge in [-0.3, -0.25) is 9.36 Å². The average Bonchev–Trinajstić information content (AvgIpc) is 3.42. The van der Waals surface area contributed by atoms with Crippen LogP contribution in [0.3, 0.4) is 0 Å². The van der Waals surface area contributed by atoms with E-state index in [0.29, 0.717) is 35.4 Å². The fourth-order valence-corrected chi connectivity index (χ4v) is 3.71. The fourth-order valence-electron chi connectivity index (χ4n) is 2.95. The van der Waals surface area contributed by atoms with Crippen LogP contribution in [-0.4, -0.2) is 31.5 Å². The molecule has 4 rings (SSSR count). The number of rotatable bonds is 8. The molecule has 7 nitrogen and oxygen atoms in total. The Kier molecular flexibility index (Phi) is 6.14. The highest BCUT2D eigenvalue weighted by Gasteiger charge is 2.18. The predicted octanol–water partition coefficient (Wildman–Crippen LogP) is 3.70. The van der Waals surface area contributed by atoms with Crippen molar-refractivity contribution in [1.82, 2.24) is 20.1 Å². The minimum absolute atomic E-state index is 0.130. The van der Waals surface area contributed by atoms with E-state index in [-0.39, 0.29) is 17.4 Å². The summed E-state index contributed by atoms with van der Waals surface area (Å²) in [5.41, 5.74) is 1.66. The lowest BCUT2D eigenvalue weighted by Gasteiger charge is -2.11. The molecule has 30 heavy (non-hydrogen) atoms. The molecule has 2 aromatic carbocycles. The molecule has 4 aromatic rings. The summed E-state index contributed by atoms with van der Waals surface area (Å²) >= 11 is 1.30. The van der Waals surface area contributed by atoms with Crippen LogP contribution in [0.1, 0.15) is 11.3 Å². The van der Waals surface area contributed by atoms with Crippen molar-refractivity contribution >= 4 is 17.7 Å². The van der Waals surface area contributed by atoms with Crippen LogP contribution < -0.4 is 5.32 Å². The quantitative estimate of drug-likeness (QED) is 0.422. The minimum Gasteiger partial charge on any atom is -0.507 e. The van der Waals surface area contributed by atoms with Crippen LogP contribution >= 0.6 is 11.8 Å². The average molecular weight is 420 g/mol. The summed E-state index contributed by atoms with van der Waals surface area (Å²) in [6.07, 6.45) is 1.57. The molecule has 0 bridgehead atoms. The highest BCUT2D eigenvalue weighted by Crippen LogP contribution is 2.30. The number of nitrogens with one attached hydrogen (secondary N) is 1. The maximum Gasteiger partial charge on any atom is 0.230 e. The van der Waals surface area contributed by atoms with Gasteiger partial charge in [-0.15, -0.1) is 10.2 Å². The Bertz CT molecular complexity index is 1110. The van der Waals surface area contributed by atoms with Gasteiger partial charge in [-0.2, -0.15) is 0 Å². The van der Waals surface area contributed by atoms with Gasteiger partial charge in [0.2, 0.25) is 5.91 Å². The van der Waals surface area contributed by atoms with Crippen LogP contribution in [0.5, 0.6) is 5.75 Å². The number of aromatic hydroxyl groups is 1. The van der Waals surface area contributed by atoms with Gasteiger partial charge < -0.3 is 14.8 Å². The maximum absolute atomic E-state index is 12.2. The number of nitrogens with zero attached hydrogens (tertiary/aromatic N) is 3. The second-order valence-electron chi connectivity index (χ2n) is 6.54. The molecule has 8 heteroatoms. The number of carbonyl (C=O) groups excluding carboxylic acids is 1. The van der Waals surface area contributed by atoms with Gasteiger partial charge in [0.1, 0.15) is 11.5 Å². The summed E-state index contributed by atoms with van der Waals surface area (Å²) in [6.45, 7) is 0.861. The van der Waals surface area contributed by atoms with Gasteiger partial charge in [-0.25, -0.2) is 0 Å². The monoisotopic (exact) mass is 420 g/mol. The van der Waals surface area contributed by atoms with E-state index in [4.69, 9.17) is 4.42 Å². The Balaban J connectivity index is 1.53. The molecule has 0 spiro atoms. The van der Waals surface area contributed by atoms with E-state index in [2.05, 4.69) is 15.5 Å². The van der Waals surface area contributed by atoms with Gasteiger partial charge in [0.25, 0.3) is 0 Å². The van der Waals surface area contributed by atoms with Crippen molar-refractivity contribution in [3.05, 3.63) is 84.3 Å². The Hall–Kier alpha value is -3.52. The van der Waals surface area contributed by atoms with Gasteiger partial charge >= 0.3 is 0 Å². The van der Waals surface area contributed by atoms with E-state index in [9.17, 15) is 9.90 Å². The molecule has 0 radical (unpaired) electrons. The van der Waals surface area contributed by atoms with Crippen LogP contribution in [0, 0.1) is 0 Å². The van der Waals surface area contributed by atoms with E-state index >= 15 is 0 Å². The third-order valence-corrected chi connectivity index (χ3v) is 5.38. The summed E-state index contributed by atoms with van der Waals surface area (Å²) in [5, 5.41) is 22.3. The molecule has 0 saturated heterocycles. The SMILES string of the molecule is O=C(CSc1nnc(-c2ccccc2O)n1Cc1ccccc1)NCc1ccco1. The molecular weight excluding hydrogens is 400 g/mol. The Morgan fingerprint density at radius 1 is 1.03 bits per heavy atom. The van der Waals surface area contributed by atoms with Crippen LogP contribution in [0.25, 0.3) is 11.4 Å². The summed E-state index contributed by atoms with van der Waals surface area (Å²) in [5.74, 6) is 1.44. The molecule has 0 aliphatic carbocycles. The van der Waals surface area contributed by atoms with Crippen molar-refractivity contribution in [3.63, 3.8) is 0 Å². The number of thioether (sulfide) groups is 1. The number of carbonyl (C=O) groups is 1. The first-order chi connectivity index (χ1) is 14.7. The summed E-state index contributed by atoms with van der Waals surface area (Å²) in [7, 11) is 0. The summed E-state index contributed by atoms with van der Waals surface area (Å²) < 4.78 is 7.14. The predicted molar refractivity (Wildman–Crippen MR) is 114 cm³/mol. The number of phenols is 1. The number of phenolic OH excluding ortho intramolecular Hbond substituents is 1. The number of hydrogen-bond acceptors (Lipinski definition) is 6. The topological polar surface area (TPSA) is 93.2 Å². The fraction of sp³-hybridized carbons (Fsp3) is 0.136. The van der Waals surface area contributed by atoms with Gasteiger partial charge in [0.05, 0.1) is 30.7 Å². The van der Waals surface area contributed by atoms with Crippen molar-refractivity contribution < 1.29 is 14.3 Å². The first-order valence-electron chi connectivity index (χ1n) is 9.38. The van der Waals surface area contributed by atoms with Crippen molar-refractivity contribution in [1.29, 1.82) is 0 Å². The minimum atomic E-state index is -0.130. The second kappa shape index (κ2) is 9.32. The largest absolute Gasteiger partial charge is 0.507 e. The van der Waals surface area contributed by atoms with E-state index < -0.39 is 0 Å². The van der Waals surface area contributed by atoms with Crippen molar-refractivity contribution in [2.24, 2.45) is 0 Å². The number of aromatic nitrogens is 3. The lowest BCUT2D eigenvalue weighted by Crippen LogP contribution is -2.24. The summed E-state index contributed by atoms with van der Waals surface area (Å²) in [4.78, 5) is 12.2. The second-order valence-corrected chi connectivity index (χ2v) is 7.48. The molecule has 0 aliphatic rings. The zero-order valence-electron chi connectivity index (χ0n) is 16.1. The van der Waals surface area contributed by atoms with Crippen molar-refractivity contribution in [2.45, 2.75) is 18.2 Å². The zero-order chi connectivity index (χ0) is 20.8. The molecule has 0 atom stereocenters. The van der Waals surface area contributed by atoms with E-state index in [0.717, 1.165) is 5.56 Å². The number of amides is 1. The molecule has 2 heterocycles. The van der Waals surface area contributed by atoms with Gasteiger partial charge in [-0.1, -0.05) is 54.2 Å². The first kappa shape index (κ1) is 19.8.